The normalized spacial score (nSPS) is 12.1. The zero-order valence-corrected chi connectivity index (χ0v) is 12.7. The molecule has 21 heavy (non-hydrogen) atoms. The van der Waals surface area contributed by atoms with E-state index in [0.717, 1.165) is 25.1 Å². The predicted molar refractivity (Wildman–Crippen MR) is 87.0 cm³/mol. The minimum absolute atomic E-state index is 0.298. The molecule has 2 N–H and O–H groups in total. The van der Waals surface area contributed by atoms with Crippen LogP contribution in [0.4, 0.5) is 5.69 Å². The Morgan fingerprint density at radius 2 is 1.43 bits per heavy atom. The van der Waals surface area contributed by atoms with Gasteiger partial charge in [0.1, 0.15) is 11.5 Å². The molecule has 1 atom stereocenters. The summed E-state index contributed by atoms with van der Waals surface area (Å²) in [5.41, 5.74) is 2.37. The lowest BCUT2D eigenvalue weighted by atomic mass is 10.0. The van der Waals surface area contributed by atoms with Crippen LogP contribution in [0.15, 0.2) is 48.5 Å². The minimum Gasteiger partial charge on any atom is -0.508 e. The molecule has 0 aliphatic heterocycles. The molecule has 3 nitrogen and oxygen atoms in total. The number of nitrogens with zero attached hydrogens (tertiary/aromatic N) is 1. The van der Waals surface area contributed by atoms with Crippen LogP contribution in [0.5, 0.6) is 11.5 Å². The van der Waals surface area contributed by atoms with Gasteiger partial charge in [0.2, 0.25) is 0 Å². The van der Waals surface area contributed by atoms with Crippen molar-refractivity contribution in [1.82, 2.24) is 0 Å². The Labute approximate surface area is 126 Å². The lowest BCUT2D eigenvalue weighted by Crippen LogP contribution is -2.33. The Bertz CT molecular complexity index is 548. The summed E-state index contributed by atoms with van der Waals surface area (Å²) in [7, 11) is 0. The second-order valence-electron chi connectivity index (χ2n) is 5.36. The molecule has 2 aromatic carbocycles. The van der Waals surface area contributed by atoms with Crippen molar-refractivity contribution in [3.63, 3.8) is 0 Å². The van der Waals surface area contributed by atoms with Crippen LogP contribution in [-0.2, 0) is 6.42 Å². The quantitative estimate of drug-likeness (QED) is 0.844. The molecule has 0 fully saturated rings. The lowest BCUT2D eigenvalue weighted by Gasteiger charge is -2.30. The second-order valence-corrected chi connectivity index (χ2v) is 5.36. The van der Waals surface area contributed by atoms with Gasteiger partial charge < -0.3 is 15.1 Å². The van der Waals surface area contributed by atoms with E-state index in [2.05, 4.69) is 18.7 Å². The van der Waals surface area contributed by atoms with Gasteiger partial charge in [-0.1, -0.05) is 12.1 Å². The van der Waals surface area contributed by atoms with Crippen LogP contribution in [0.1, 0.15) is 25.8 Å². The molecule has 0 saturated carbocycles. The highest BCUT2D eigenvalue weighted by atomic mass is 16.3. The van der Waals surface area contributed by atoms with Crippen LogP contribution in [0.3, 0.4) is 0 Å². The van der Waals surface area contributed by atoms with Crippen molar-refractivity contribution in [2.24, 2.45) is 0 Å². The standard InChI is InChI=1S/C18H23NO2/c1-3-19(16-8-12-18(21)13-9-16)14(2)4-5-15-6-10-17(20)11-7-15/h6-14,20-21H,3-5H2,1-2H3. The van der Waals surface area contributed by atoms with E-state index < -0.39 is 0 Å². The van der Waals surface area contributed by atoms with Crippen LogP contribution in [0.25, 0.3) is 0 Å². The van der Waals surface area contributed by atoms with Crippen LogP contribution in [-0.4, -0.2) is 22.8 Å². The molecule has 0 amide bonds. The first-order chi connectivity index (χ1) is 10.1. The minimum atomic E-state index is 0.298. The highest BCUT2D eigenvalue weighted by Gasteiger charge is 2.12. The molecule has 112 valence electrons. The molecule has 2 rings (SSSR count). The van der Waals surface area contributed by atoms with Crippen molar-refractivity contribution in [1.29, 1.82) is 0 Å². The molecule has 0 aromatic heterocycles. The molecule has 0 saturated heterocycles. The van der Waals surface area contributed by atoms with Crippen molar-refractivity contribution >= 4 is 5.69 Å². The van der Waals surface area contributed by atoms with Gasteiger partial charge in [0, 0.05) is 18.3 Å². The maximum atomic E-state index is 9.39. The highest BCUT2D eigenvalue weighted by molar-refractivity contribution is 5.49. The monoisotopic (exact) mass is 285 g/mol. The van der Waals surface area contributed by atoms with Gasteiger partial charge in [-0.05, 0) is 68.7 Å². The second kappa shape index (κ2) is 7.02. The van der Waals surface area contributed by atoms with E-state index in [0.29, 0.717) is 17.5 Å². The Morgan fingerprint density at radius 3 is 1.95 bits per heavy atom. The maximum Gasteiger partial charge on any atom is 0.115 e. The number of phenolic OH excluding ortho intramolecular Hbond substituents is 2. The third kappa shape index (κ3) is 4.15. The summed E-state index contributed by atoms with van der Waals surface area (Å²) in [5, 5.41) is 18.7. The summed E-state index contributed by atoms with van der Waals surface area (Å²) in [4.78, 5) is 2.33. The Kier molecular flexibility index (Phi) is 5.09. The summed E-state index contributed by atoms with van der Waals surface area (Å²) in [6, 6.07) is 15.2. The molecule has 0 spiro atoms. The Hall–Kier alpha value is -2.16. The van der Waals surface area contributed by atoms with Crippen molar-refractivity contribution in [3.05, 3.63) is 54.1 Å². The summed E-state index contributed by atoms with van der Waals surface area (Å²) in [6.07, 6.45) is 2.02. The Balaban J connectivity index is 1.98. The number of hydrogen-bond donors (Lipinski definition) is 2. The van der Waals surface area contributed by atoms with Crippen LogP contribution in [0, 0.1) is 0 Å². The van der Waals surface area contributed by atoms with Gasteiger partial charge in [0.05, 0.1) is 0 Å². The first kappa shape index (κ1) is 15.2. The summed E-state index contributed by atoms with van der Waals surface area (Å²) in [6.45, 7) is 5.29. The fourth-order valence-corrected chi connectivity index (χ4v) is 2.59. The topological polar surface area (TPSA) is 43.7 Å². The van der Waals surface area contributed by atoms with Crippen LogP contribution in [0.2, 0.25) is 0 Å². The lowest BCUT2D eigenvalue weighted by molar-refractivity contribution is 0.474. The molecule has 0 aliphatic carbocycles. The zero-order valence-electron chi connectivity index (χ0n) is 12.7. The third-order valence-electron chi connectivity index (χ3n) is 3.84. The van der Waals surface area contributed by atoms with Gasteiger partial charge in [0.15, 0.2) is 0 Å². The number of benzene rings is 2. The van der Waals surface area contributed by atoms with Gasteiger partial charge in [-0.2, -0.15) is 0 Å². The number of aryl methyl sites for hydroxylation is 1. The Morgan fingerprint density at radius 1 is 0.905 bits per heavy atom. The molecule has 1 unspecified atom stereocenters. The van der Waals surface area contributed by atoms with E-state index in [9.17, 15) is 10.2 Å². The van der Waals surface area contributed by atoms with Crippen molar-refractivity contribution in [2.45, 2.75) is 32.7 Å². The summed E-state index contributed by atoms with van der Waals surface area (Å²) >= 11 is 0. The van der Waals surface area contributed by atoms with E-state index in [-0.39, 0.29) is 0 Å². The highest BCUT2D eigenvalue weighted by Crippen LogP contribution is 2.22. The molecule has 0 aliphatic rings. The van der Waals surface area contributed by atoms with Crippen molar-refractivity contribution in [3.8, 4) is 11.5 Å². The maximum absolute atomic E-state index is 9.39. The van der Waals surface area contributed by atoms with Gasteiger partial charge in [-0.3, -0.25) is 0 Å². The first-order valence-electron chi connectivity index (χ1n) is 7.43. The largest absolute Gasteiger partial charge is 0.508 e. The smallest absolute Gasteiger partial charge is 0.115 e. The molecule has 0 radical (unpaired) electrons. The molecule has 0 bridgehead atoms. The van der Waals surface area contributed by atoms with Crippen LogP contribution < -0.4 is 4.90 Å². The van der Waals surface area contributed by atoms with Crippen molar-refractivity contribution < 1.29 is 10.2 Å². The molecule has 0 heterocycles. The number of rotatable bonds is 6. The number of hydrogen-bond acceptors (Lipinski definition) is 3. The SMILES string of the molecule is CCN(c1ccc(O)cc1)C(C)CCc1ccc(O)cc1. The van der Waals surface area contributed by atoms with E-state index in [4.69, 9.17) is 0 Å². The van der Waals surface area contributed by atoms with Gasteiger partial charge in [0.25, 0.3) is 0 Å². The van der Waals surface area contributed by atoms with E-state index in [1.54, 1.807) is 24.3 Å². The average Bonchev–Trinajstić information content (AvgIpc) is 2.49. The molecular weight excluding hydrogens is 262 g/mol. The van der Waals surface area contributed by atoms with E-state index in [1.165, 1.54) is 5.56 Å². The van der Waals surface area contributed by atoms with Gasteiger partial charge in [-0.15, -0.1) is 0 Å². The first-order valence-corrected chi connectivity index (χ1v) is 7.43. The van der Waals surface area contributed by atoms with Crippen LogP contribution >= 0.6 is 0 Å². The average molecular weight is 285 g/mol. The summed E-state index contributed by atoms with van der Waals surface area (Å²) in [5.74, 6) is 0.609. The third-order valence-corrected chi connectivity index (χ3v) is 3.84. The van der Waals surface area contributed by atoms with Gasteiger partial charge >= 0.3 is 0 Å². The number of phenols is 2. The fraction of sp³-hybridized carbons (Fsp3) is 0.333. The predicted octanol–water partition coefficient (Wildman–Crippen LogP) is 3.95. The number of anilines is 1. The fourth-order valence-electron chi connectivity index (χ4n) is 2.59. The molecule has 3 heteroatoms. The number of aromatic hydroxyl groups is 2. The molecule has 2 aromatic rings. The molecular formula is C18H23NO2. The van der Waals surface area contributed by atoms with Gasteiger partial charge in [-0.25, -0.2) is 0 Å². The van der Waals surface area contributed by atoms with Crippen molar-refractivity contribution in [2.75, 3.05) is 11.4 Å². The van der Waals surface area contributed by atoms with E-state index >= 15 is 0 Å². The summed E-state index contributed by atoms with van der Waals surface area (Å²) < 4.78 is 0. The van der Waals surface area contributed by atoms with E-state index in [1.807, 2.05) is 24.3 Å². The zero-order chi connectivity index (χ0) is 15.2.